The molecule has 2 heterocycles. The molecule has 98 valence electrons. The van der Waals surface area contributed by atoms with Crippen molar-refractivity contribution >= 4 is 21.5 Å². The highest BCUT2D eigenvalue weighted by Gasteiger charge is 2.22. The Morgan fingerprint density at radius 1 is 1.39 bits per heavy atom. The first-order valence-electron chi connectivity index (χ1n) is 5.42. The molecule has 3 N–H and O–H groups in total. The topological polar surface area (TPSA) is 109 Å². The fourth-order valence-corrected chi connectivity index (χ4v) is 2.94. The number of amidine groups is 1. The minimum absolute atomic E-state index is 0.0681. The van der Waals surface area contributed by atoms with E-state index < -0.39 is 9.84 Å². The third-order valence-electron chi connectivity index (χ3n) is 2.77. The van der Waals surface area contributed by atoms with Gasteiger partial charge in [-0.25, -0.2) is 13.4 Å². The Balaban J connectivity index is 2.20. The molecule has 18 heavy (non-hydrogen) atoms. The lowest BCUT2D eigenvalue weighted by atomic mass is 10.3. The largest absolute Gasteiger partial charge is 0.409 e. The third kappa shape index (κ3) is 2.70. The molecule has 0 atom stereocenters. The van der Waals surface area contributed by atoms with Crippen molar-refractivity contribution < 1.29 is 13.6 Å². The second-order valence-electron chi connectivity index (χ2n) is 4.01. The summed E-state index contributed by atoms with van der Waals surface area (Å²) in [4.78, 5) is 6.10. The minimum atomic E-state index is -2.91. The van der Waals surface area contributed by atoms with Gasteiger partial charge in [0.2, 0.25) is 0 Å². The van der Waals surface area contributed by atoms with E-state index in [4.69, 9.17) is 10.9 Å². The van der Waals surface area contributed by atoms with E-state index >= 15 is 0 Å². The van der Waals surface area contributed by atoms with Crippen molar-refractivity contribution in [3.05, 3.63) is 23.9 Å². The highest BCUT2D eigenvalue weighted by molar-refractivity contribution is 7.91. The Morgan fingerprint density at radius 3 is 2.67 bits per heavy atom. The van der Waals surface area contributed by atoms with E-state index in [9.17, 15) is 8.42 Å². The van der Waals surface area contributed by atoms with Gasteiger partial charge >= 0.3 is 0 Å². The van der Waals surface area contributed by atoms with Crippen LogP contribution >= 0.6 is 0 Å². The molecule has 0 aromatic carbocycles. The summed E-state index contributed by atoms with van der Waals surface area (Å²) in [6, 6.07) is 5.13. The molecule has 1 saturated heterocycles. The summed E-state index contributed by atoms with van der Waals surface area (Å²) in [5.41, 5.74) is 5.82. The monoisotopic (exact) mass is 270 g/mol. The number of hydrogen-bond donors (Lipinski definition) is 2. The number of nitrogens with zero attached hydrogens (tertiary/aromatic N) is 3. The first-order valence-corrected chi connectivity index (χ1v) is 7.24. The highest BCUT2D eigenvalue weighted by atomic mass is 32.2. The molecule has 0 saturated carbocycles. The van der Waals surface area contributed by atoms with Gasteiger partial charge in [-0.3, -0.25) is 0 Å². The van der Waals surface area contributed by atoms with Gasteiger partial charge in [-0.15, -0.1) is 0 Å². The summed E-state index contributed by atoms with van der Waals surface area (Å²) in [5, 5.41) is 11.5. The molecule has 1 aromatic rings. The Hall–Kier alpha value is -1.83. The molecule has 1 aliphatic heterocycles. The standard InChI is InChI=1S/C10H14N4O3S/c11-10(13-15)8-2-1-3-9(12-8)14-4-6-18(16,17)7-5-14/h1-3,15H,4-7H2,(H2,11,13). The zero-order valence-corrected chi connectivity index (χ0v) is 10.5. The second kappa shape index (κ2) is 4.81. The van der Waals surface area contributed by atoms with Gasteiger partial charge in [-0.05, 0) is 12.1 Å². The summed E-state index contributed by atoms with van der Waals surface area (Å²) in [5.74, 6) is 0.820. The van der Waals surface area contributed by atoms with Crippen LogP contribution in [-0.4, -0.2) is 49.0 Å². The number of rotatable bonds is 2. The Morgan fingerprint density at radius 2 is 2.06 bits per heavy atom. The number of anilines is 1. The van der Waals surface area contributed by atoms with Crippen LogP contribution in [-0.2, 0) is 9.84 Å². The summed E-state index contributed by atoms with van der Waals surface area (Å²) >= 11 is 0. The van der Waals surface area contributed by atoms with Crippen molar-refractivity contribution in [1.82, 2.24) is 4.98 Å². The molecular weight excluding hydrogens is 256 g/mol. The predicted octanol–water partition coefficient (Wildman–Crippen LogP) is -0.589. The lowest BCUT2D eigenvalue weighted by Gasteiger charge is -2.27. The summed E-state index contributed by atoms with van der Waals surface area (Å²) < 4.78 is 22.7. The number of oxime groups is 1. The van der Waals surface area contributed by atoms with Gasteiger partial charge in [0.25, 0.3) is 0 Å². The van der Waals surface area contributed by atoms with Gasteiger partial charge in [0, 0.05) is 13.1 Å². The van der Waals surface area contributed by atoms with E-state index in [1.165, 1.54) is 0 Å². The quantitative estimate of drug-likeness (QED) is 0.322. The zero-order chi connectivity index (χ0) is 13.2. The molecule has 0 amide bonds. The number of hydrogen-bond acceptors (Lipinski definition) is 6. The molecule has 8 heteroatoms. The molecule has 0 unspecified atom stereocenters. The fourth-order valence-electron chi connectivity index (χ4n) is 1.73. The van der Waals surface area contributed by atoms with E-state index in [2.05, 4.69) is 10.1 Å². The van der Waals surface area contributed by atoms with Crippen LogP contribution in [0.4, 0.5) is 5.82 Å². The summed E-state index contributed by atoms with van der Waals surface area (Å²) in [7, 11) is -2.91. The molecule has 1 aliphatic rings. The van der Waals surface area contributed by atoms with Gasteiger partial charge < -0.3 is 15.8 Å². The van der Waals surface area contributed by atoms with Gasteiger partial charge in [-0.2, -0.15) is 0 Å². The minimum Gasteiger partial charge on any atom is -0.409 e. The first kappa shape index (κ1) is 12.6. The van der Waals surface area contributed by atoms with Gasteiger partial charge in [-0.1, -0.05) is 11.2 Å². The summed E-state index contributed by atoms with van der Waals surface area (Å²) in [6.07, 6.45) is 0. The van der Waals surface area contributed by atoms with Crippen molar-refractivity contribution in [3.8, 4) is 0 Å². The van der Waals surface area contributed by atoms with Crippen molar-refractivity contribution in [2.75, 3.05) is 29.5 Å². The van der Waals surface area contributed by atoms with Crippen LogP contribution in [0.15, 0.2) is 23.4 Å². The van der Waals surface area contributed by atoms with Crippen LogP contribution in [0.2, 0.25) is 0 Å². The average Bonchev–Trinajstić information content (AvgIpc) is 2.38. The smallest absolute Gasteiger partial charge is 0.188 e. The number of sulfone groups is 1. The number of nitrogens with two attached hydrogens (primary N) is 1. The number of aromatic nitrogens is 1. The molecule has 0 aliphatic carbocycles. The average molecular weight is 270 g/mol. The van der Waals surface area contributed by atoms with Crippen LogP contribution in [0.1, 0.15) is 5.69 Å². The highest BCUT2D eigenvalue weighted by Crippen LogP contribution is 2.15. The maximum atomic E-state index is 11.3. The fraction of sp³-hybridized carbons (Fsp3) is 0.400. The van der Waals surface area contributed by atoms with Crippen LogP contribution in [0, 0.1) is 0 Å². The molecule has 1 fully saturated rings. The molecule has 0 spiro atoms. The van der Waals surface area contributed by atoms with Crippen LogP contribution in [0.3, 0.4) is 0 Å². The van der Waals surface area contributed by atoms with E-state index in [-0.39, 0.29) is 17.3 Å². The molecular formula is C10H14N4O3S. The first-order chi connectivity index (χ1) is 8.52. The van der Waals surface area contributed by atoms with E-state index in [0.29, 0.717) is 24.6 Å². The van der Waals surface area contributed by atoms with Crippen molar-refractivity contribution in [3.63, 3.8) is 0 Å². The Kier molecular flexibility index (Phi) is 3.37. The lowest BCUT2D eigenvalue weighted by Crippen LogP contribution is -2.40. The normalized spacial score (nSPS) is 19.8. The number of pyridine rings is 1. The molecule has 2 rings (SSSR count). The van der Waals surface area contributed by atoms with Gasteiger partial charge in [0.05, 0.1) is 11.5 Å². The Bertz CT molecular complexity index is 556. The maximum Gasteiger partial charge on any atom is 0.188 e. The lowest BCUT2D eigenvalue weighted by molar-refractivity contribution is 0.318. The second-order valence-corrected chi connectivity index (χ2v) is 6.31. The van der Waals surface area contributed by atoms with Crippen LogP contribution < -0.4 is 10.6 Å². The molecule has 0 radical (unpaired) electrons. The summed E-state index contributed by atoms with van der Waals surface area (Å²) in [6.45, 7) is 0.823. The predicted molar refractivity (Wildman–Crippen MR) is 67.6 cm³/mol. The molecule has 1 aromatic heterocycles. The Labute approximate surface area is 105 Å². The van der Waals surface area contributed by atoms with Gasteiger partial charge in [0.1, 0.15) is 11.5 Å². The van der Waals surface area contributed by atoms with Gasteiger partial charge in [0.15, 0.2) is 15.7 Å². The maximum absolute atomic E-state index is 11.3. The van der Waals surface area contributed by atoms with E-state index in [1.54, 1.807) is 18.2 Å². The van der Waals surface area contributed by atoms with Crippen molar-refractivity contribution in [2.24, 2.45) is 10.9 Å². The van der Waals surface area contributed by atoms with Crippen molar-refractivity contribution in [2.45, 2.75) is 0 Å². The van der Waals surface area contributed by atoms with E-state index in [0.717, 1.165) is 0 Å². The van der Waals surface area contributed by atoms with Crippen molar-refractivity contribution in [1.29, 1.82) is 0 Å². The third-order valence-corrected chi connectivity index (χ3v) is 4.38. The molecule has 7 nitrogen and oxygen atoms in total. The van der Waals surface area contributed by atoms with Crippen LogP contribution in [0.25, 0.3) is 0 Å². The zero-order valence-electron chi connectivity index (χ0n) is 9.65. The van der Waals surface area contributed by atoms with Crippen LogP contribution in [0.5, 0.6) is 0 Å². The molecule has 0 bridgehead atoms. The SMILES string of the molecule is NC(=NO)c1cccc(N2CCS(=O)(=O)CC2)n1. The van der Waals surface area contributed by atoms with E-state index in [1.807, 2.05) is 4.90 Å².